The molecule has 3 aromatic rings. The third-order valence-corrected chi connectivity index (χ3v) is 6.64. The van der Waals surface area contributed by atoms with Gasteiger partial charge in [-0.3, -0.25) is 4.79 Å². The quantitative estimate of drug-likeness (QED) is 0.157. The van der Waals surface area contributed by atoms with Crippen LogP contribution in [0, 0.1) is 14.9 Å². The lowest BCUT2D eigenvalue weighted by molar-refractivity contribution is -0.112. The van der Waals surface area contributed by atoms with Gasteiger partial charge in [0.1, 0.15) is 23.1 Å². The molecule has 0 heterocycles. The van der Waals surface area contributed by atoms with Crippen molar-refractivity contribution in [1.82, 2.24) is 0 Å². The lowest BCUT2D eigenvalue weighted by Gasteiger charge is -2.15. The van der Waals surface area contributed by atoms with Crippen LogP contribution in [-0.4, -0.2) is 19.1 Å². The number of hydrogen-bond acceptors (Lipinski definition) is 4. The van der Waals surface area contributed by atoms with Crippen LogP contribution in [0.3, 0.4) is 0 Å². The van der Waals surface area contributed by atoms with E-state index in [-0.39, 0.29) is 5.57 Å². The van der Waals surface area contributed by atoms with Crippen molar-refractivity contribution in [3.8, 4) is 17.6 Å². The first-order chi connectivity index (χ1) is 16.4. The predicted molar refractivity (Wildman–Crippen MR) is 147 cm³/mol. The van der Waals surface area contributed by atoms with Crippen LogP contribution in [0.4, 0.5) is 5.69 Å². The molecule has 0 aromatic heterocycles. The summed E-state index contributed by atoms with van der Waals surface area (Å²) in [5.74, 6) is 0.981. The third-order valence-electron chi connectivity index (χ3n) is 4.90. The van der Waals surface area contributed by atoms with E-state index >= 15 is 0 Å². The molecule has 0 aliphatic rings. The van der Waals surface area contributed by atoms with Gasteiger partial charge in [-0.15, -0.1) is 0 Å². The van der Waals surface area contributed by atoms with Crippen molar-refractivity contribution < 1.29 is 14.3 Å². The molecule has 0 bridgehead atoms. The Bertz CT molecular complexity index is 1230. The summed E-state index contributed by atoms with van der Waals surface area (Å²) in [7, 11) is 0. The molecule has 5 nitrogen and oxygen atoms in total. The number of halogens is 2. The predicted octanol–water partition coefficient (Wildman–Crippen LogP) is 6.99. The number of carbonyl (C=O) groups excluding carboxylic acids is 1. The van der Waals surface area contributed by atoms with Crippen molar-refractivity contribution in [1.29, 1.82) is 5.26 Å². The summed E-state index contributed by atoms with van der Waals surface area (Å²) in [6, 6.07) is 20.9. The smallest absolute Gasteiger partial charge is 0.266 e. The Morgan fingerprint density at radius 3 is 2.44 bits per heavy atom. The number of nitriles is 1. The normalized spacial score (nSPS) is 11.0. The highest BCUT2D eigenvalue weighted by molar-refractivity contribution is 14.1. The second kappa shape index (κ2) is 12.6. The lowest BCUT2D eigenvalue weighted by Crippen LogP contribution is -2.13. The number of ether oxygens (including phenoxy) is 2. The molecule has 7 heteroatoms. The van der Waals surface area contributed by atoms with Crippen LogP contribution in [0.1, 0.15) is 30.5 Å². The molecule has 0 spiro atoms. The van der Waals surface area contributed by atoms with Gasteiger partial charge in [0, 0.05) is 25.7 Å². The first-order valence-electron chi connectivity index (χ1n) is 10.8. The van der Waals surface area contributed by atoms with Gasteiger partial charge in [-0.25, -0.2) is 0 Å². The van der Waals surface area contributed by atoms with E-state index in [2.05, 4.69) is 49.9 Å². The largest absolute Gasteiger partial charge is 0.494 e. The van der Waals surface area contributed by atoms with E-state index in [0.717, 1.165) is 36.2 Å². The van der Waals surface area contributed by atoms with Crippen molar-refractivity contribution in [3.05, 3.63) is 91.0 Å². The van der Waals surface area contributed by atoms with Gasteiger partial charge in [0.25, 0.3) is 5.91 Å². The summed E-state index contributed by atoms with van der Waals surface area (Å²) < 4.78 is 13.4. The van der Waals surface area contributed by atoms with Gasteiger partial charge >= 0.3 is 0 Å². The fourth-order valence-corrected chi connectivity index (χ4v) is 4.56. The van der Waals surface area contributed by atoms with Crippen molar-refractivity contribution in [2.24, 2.45) is 0 Å². The van der Waals surface area contributed by atoms with Crippen molar-refractivity contribution >= 4 is 56.2 Å². The van der Waals surface area contributed by atoms with E-state index < -0.39 is 5.91 Å². The number of carbonyl (C=O) groups is 1. The maximum atomic E-state index is 12.7. The molecule has 3 rings (SSSR count). The van der Waals surface area contributed by atoms with Crippen LogP contribution in [0.15, 0.2) is 70.7 Å². The Balaban J connectivity index is 1.86. The summed E-state index contributed by atoms with van der Waals surface area (Å²) in [6.07, 6.45) is 2.28. The second-order valence-electron chi connectivity index (χ2n) is 7.26. The second-order valence-corrected chi connectivity index (χ2v) is 9.28. The molecule has 0 radical (unpaired) electrons. The average Bonchev–Trinajstić information content (AvgIpc) is 2.82. The molecule has 0 aliphatic carbocycles. The molecule has 34 heavy (non-hydrogen) atoms. The molecule has 0 aliphatic heterocycles. The Morgan fingerprint density at radius 2 is 1.79 bits per heavy atom. The summed E-state index contributed by atoms with van der Waals surface area (Å²) in [6.45, 7) is 4.92. The molecule has 174 valence electrons. The fraction of sp³-hybridized carbons (Fsp3) is 0.185. The molecule has 1 amide bonds. The number of benzene rings is 3. The maximum Gasteiger partial charge on any atom is 0.266 e. The number of nitrogens with zero attached hydrogens (tertiary/aromatic N) is 1. The van der Waals surface area contributed by atoms with Crippen molar-refractivity contribution in [2.45, 2.75) is 20.3 Å². The van der Waals surface area contributed by atoms with E-state index in [1.807, 2.05) is 50.2 Å². The summed E-state index contributed by atoms with van der Waals surface area (Å²) in [5.41, 5.74) is 3.52. The topological polar surface area (TPSA) is 71.3 Å². The molecule has 0 atom stereocenters. The van der Waals surface area contributed by atoms with E-state index in [1.54, 1.807) is 30.3 Å². The monoisotopic (exact) mass is 630 g/mol. The number of hydrogen-bond donors (Lipinski definition) is 1. The van der Waals surface area contributed by atoms with E-state index in [1.165, 1.54) is 0 Å². The molecule has 0 unspecified atom stereocenters. The zero-order valence-electron chi connectivity index (χ0n) is 18.9. The molecular weight excluding hydrogens is 607 g/mol. The molecule has 0 saturated heterocycles. The van der Waals surface area contributed by atoms with Crippen LogP contribution in [-0.2, 0) is 11.2 Å². The molecule has 1 N–H and O–H groups in total. The van der Waals surface area contributed by atoms with E-state index in [9.17, 15) is 10.1 Å². The van der Waals surface area contributed by atoms with Crippen LogP contribution in [0.25, 0.3) is 6.08 Å². The standard InChI is InChI=1S/C27H24BrIN2O3/c1-3-33-22-11-9-21(10-12-22)31-27(32)20(17-30)13-18-14-25(29)23(26(15-18)34-4-2)16-19-7-5-6-8-24(19)28/h5-15H,3-4,16H2,1-2H3,(H,31,32)/b20-13+. The SMILES string of the molecule is CCOc1ccc(NC(=O)/C(C#N)=C/c2cc(I)c(Cc3ccccc3Br)c(OCC)c2)cc1. The first kappa shape index (κ1) is 25.8. The molecule has 0 saturated carbocycles. The van der Waals surface area contributed by atoms with Crippen LogP contribution in [0.2, 0.25) is 0 Å². The Labute approximate surface area is 222 Å². The minimum atomic E-state index is -0.475. The van der Waals surface area contributed by atoms with Crippen LogP contribution in [0.5, 0.6) is 11.5 Å². The summed E-state index contributed by atoms with van der Waals surface area (Å²) in [5, 5.41) is 12.4. The number of nitrogens with one attached hydrogen (secondary N) is 1. The third kappa shape index (κ3) is 6.84. The average molecular weight is 631 g/mol. The highest BCUT2D eigenvalue weighted by Gasteiger charge is 2.15. The van der Waals surface area contributed by atoms with E-state index in [4.69, 9.17) is 9.47 Å². The van der Waals surface area contributed by atoms with Gasteiger partial charge in [-0.1, -0.05) is 34.1 Å². The van der Waals surface area contributed by atoms with Crippen LogP contribution >= 0.6 is 38.5 Å². The van der Waals surface area contributed by atoms with E-state index in [0.29, 0.717) is 25.3 Å². The van der Waals surface area contributed by atoms with Gasteiger partial charge in [-0.2, -0.15) is 5.26 Å². The minimum Gasteiger partial charge on any atom is -0.494 e. The first-order valence-corrected chi connectivity index (χ1v) is 12.7. The van der Waals surface area contributed by atoms with Crippen LogP contribution < -0.4 is 14.8 Å². The Hall–Kier alpha value is -2.83. The number of anilines is 1. The zero-order chi connectivity index (χ0) is 24.5. The number of amides is 1. The lowest BCUT2D eigenvalue weighted by atomic mass is 10.0. The Morgan fingerprint density at radius 1 is 1.09 bits per heavy atom. The summed E-state index contributed by atoms with van der Waals surface area (Å²) >= 11 is 5.89. The van der Waals surface area contributed by atoms with Gasteiger partial charge in [0.15, 0.2) is 0 Å². The van der Waals surface area contributed by atoms with Gasteiger partial charge in [0.2, 0.25) is 0 Å². The summed E-state index contributed by atoms with van der Waals surface area (Å²) in [4.78, 5) is 12.7. The molecule has 3 aromatic carbocycles. The molecule has 0 fully saturated rings. The van der Waals surface area contributed by atoms with Gasteiger partial charge < -0.3 is 14.8 Å². The highest BCUT2D eigenvalue weighted by Crippen LogP contribution is 2.31. The number of rotatable bonds is 9. The maximum absolute atomic E-state index is 12.7. The minimum absolute atomic E-state index is 0.00527. The van der Waals surface area contributed by atoms with Crippen molar-refractivity contribution in [2.75, 3.05) is 18.5 Å². The van der Waals surface area contributed by atoms with Gasteiger partial charge in [0.05, 0.1) is 13.2 Å². The van der Waals surface area contributed by atoms with Crippen molar-refractivity contribution in [3.63, 3.8) is 0 Å². The highest BCUT2D eigenvalue weighted by atomic mass is 127. The molecular formula is C27H24BrIN2O3. The zero-order valence-corrected chi connectivity index (χ0v) is 22.6. The van der Waals surface area contributed by atoms with Gasteiger partial charge in [-0.05, 0) is 96.1 Å². The Kier molecular flexibility index (Phi) is 9.54. The fourth-order valence-electron chi connectivity index (χ4n) is 3.32.